The highest BCUT2D eigenvalue weighted by Gasteiger charge is 2.51. The van der Waals surface area contributed by atoms with Crippen LogP contribution in [-0.4, -0.2) is 68.1 Å². The summed E-state index contributed by atoms with van der Waals surface area (Å²) in [5.74, 6) is 0.0867. The van der Waals surface area contributed by atoms with Gasteiger partial charge in [-0.15, -0.1) is 0 Å². The average molecular weight is 608 g/mol. The lowest BCUT2D eigenvalue weighted by Crippen LogP contribution is -2.57. The number of hydrazine groups is 1. The Bertz CT molecular complexity index is 1310. The summed E-state index contributed by atoms with van der Waals surface area (Å²) in [6, 6.07) is 11.8. The summed E-state index contributed by atoms with van der Waals surface area (Å²) in [6.45, 7) is 5.03. The fourth-order valence-electron chi connectivity index (χ4n) is 8.04. The van der Waals surface area contributed by atoms with E-state index in [1.165, 1.54) is 69.9 Å². The summed E-state index contributed by atoms with van der Waals surface area (Å²) < 4.78 is 24.4. The summed E-state index contributed by atoms with van der Waals surface area (Å²) >= 11 is 0. The third kappa shape index (κ3) is 6.04. The molecule has 3 fully saturated rings. The number of ether oxygens (including phenoxy) is 2. The van der Waals surface area contributed by atoms with Gasteiger partial charge in [0.2, 0.25) is 0 Å². The monoisotopic (exact) mass is 607 g/mol. The van der Waals surface area contributed by atoms with Crippen LogP contribution in [0, 0.1) is 5.82 Å². The van der Waals surface area contributed by atoms with E-state index in [1.807, 2.05) is 13.0 Å². The van der Waals surface area contributed by atoms with Crippen LogP contribution in [0.25, 0.3) is 0 Å². The van der Waals surface area contributed by atoms with E-state index < -0.39 is 18.0 Å². The lowest BCUT2D eigenvalue weighted by atomic mass is 9.73. The molecule has 2 N–H and O–H groups in total. The summed E-state index contributed by atoms with van der Waals surface area (Å²) in [5, 5.41) is 6.18. The Hall–Kier alpha value is -3.21. The third-order valence-electron chi connectivity index (χ3n) is 10.2. The Morgan fingerprint density at radius 3 is 2.27 bits per heavy atom. The second-order valence-corrected chi connectivity index (χ2v) is 12.9. The fraction of sp³-hybridized carbons (Fsp3) is 0.588. The average Bonchev–Trinajstić information content (AvgIpc) is 3.46. The number of rotatable bonds is 3. The molecule has 44 heavy (non-hydrogen) atoms. The highest BCUT2D eigenvalue weighted by Crippen LogP contribution is 2.49. The molecule has 3 heterocycles. The summed E-state index contributed by atoms with van der Waals surface area (Å²) in [4.78, 5) is 29.8. The van der Waals surface area contributed by atoms with Crippen molar-refractivity contribution in [2.24, 2.45) is 0 Å². The zero-order valence-corrected chi connectivity index (χ0v) is 26.0. The number of methoxy groups -OCH3 is 1. The van der Waals surface area contributed by atoms with Gasteiger partial charge in [-0.3, -0.25) is 15.2 Å². The largest absolute Gasteiger partial charge is 0.452 e. The van der Waals surface area contributed by atoms with Crippen molar-refractivity contribution in [3.05, 3.63) is 53.8 Å². The van der Waals surface area contributed by atoms with Crippen LogP contribution in [0.3, 0.4) is 0 Å². The molecule has 2 aromatic rings. The molecule has 2 saturated heterocycles. The number of nitrogens with one attached hydrogen (secondary N) is 2. The number of piperidine rings is 1. The summed E-state index contributed by atoms with van der Waals surface area (Å²) in [5.41, 5.74) is 6.25. The molecule has 0 aromatic heterocycles. The van der Waals surface area contributed by atoms with Crippen LogP contribution in [0.1, 0.15) is 82.6 Å². The smallest absolute Gasteiger partial charge is 0.419 e. The molecule has 1 saturated carbocycles. The van der Waals surface area contributed by atoms with Crippen molar-refractivity contribution in [1.82, 2.24) is 15.8 Å². The van der Waals surface area contributed by atoms with Gasteiger partial charge in [0, 0.05) is 24.0 Å². The number of nitrogens with zero attached hydrogens (tertiary/aromatic N) is 3. The van der Waals surface area contributed by atoms with Crippen molar-refractivity contribution in [2.45, 2.75) is 94.7 Å². The van der Waals surface area contributed by atoms with Crippen LogP contribution >= 0.6 is 0 Å². The van der Waals surface area contributed by atoms with E-state index in [4.69, 9.17) is 9.47 Å². The Labute approximate surface area is 260 Å². The van der Waals surface area contributed by atoms with E-state index in [0.717, 1.165) is 50.9 Å². The molecule has 0 bridgehead atoms. The molecule has 238 valence electrons. The molecule has 0 radical (unpaired) electrons. The van der Waals surface area contributed by atoms with E-state index in [-0.39, 0.29) is 29.8 Å². The zero-order chi connectivity index (χ0) is 30.7. The third-order valence-corrected chi connectivity index (χ3v) is 10.2. The van der Waals surface area contributed by atoms with E-state index in [0.29, 0.717) is 17.4 Å². The van der Waals surface area contributed by atoms with Gasteiger partial charge in [0.25, 0.3) is 0 Å². The predicted octanol–water partition coefficient (Wildman–Crippen LogP) is 6.34. The van der Waals surface area contributed by atoms with Gasteiger partial charge >= 0.3 is 12.2 Å². The van der Waals surface area contributed by atoms with Crippen molar-refractivity contribution in [3.63, 3.8) is 0 Å². The van der Waals surface area contributed by atoms with Crippen LogP contribution in [0.15, 0.2) is 42.5 Å². The standard InChI is InChI=1S/C34H46FN5O4/c1-24-23-38(32(41)44-28-12-10-26(35)11-13-28)31-21-25(9-14-30(31)39(24)33(42)43-2)29-22-37-40(27-15-19-36-20-16-27)34(29)17-7-5-3-4-6-8-18-34/h9-14,21,24,27,29,36-37H,3-8,15-20,22-23H2,1-2H3/t24-,29?/m0/s1. The van der Waals surface area contributed by atoms with Gasteiger partial charge in [-0.2, -0.15) is 0 Å². The Balaban J connectivity index is 1.39. The van der Waals surface area contributed by atoms with E-state index >= 15 is 0 Å². The zero-order valence-electron chi connectivity index (χ0n) is 26.0. The number of halogens is 1. The molecule has 1 unspecified atom stereocenters. The van der Waals surface area contributed by atoms with Crippen molar-refractivity contribution in [3.8, 4) is 5.75 Å². The molecule has 6 rings (SSSR count). The second-order valence-electron chi connectivity index (χ2n) is 12.9. The second kappa shape index (κ2) is 13.4. The maximum atomic E-state index is 13.7. The van der Waals surface area contributed by atoms with Gasteiger partial charge in [-0.05, 0) is 87.7 Å². The Morgan fingerprint density at radius 1 is 0.909 bits per heavy atom. The van der Waals surface area contributed by atoms with Gasteiger partial charge in [-0.1, -0.05) is 44.6 Å². The highest BCUT2D eigenvalue weighted by atomic mass is 19.1. The van der Waals surface area contributed by atoms with Gasteiger partial charge in [-0.25, -0.2) is 19.0 Å². The van der Waals surface area contributed by atoms with Crippen molar-refractivity contribution in [1.29, 1.82) is 0 Å². The van der Waals surface area contributed by atoms with E-state index in [2.05, 4.69) is 27.9 Å². The minimum Gasteiger partial charge on any atom is -0.452 e. The van der Waals surface area contributed by atoms with Crippen LogP contribution in [-0.2, 0) is 4.74 Å². The molecule has 3 aliphatic heterocycles. The number of hydrogen-bond donors (Lipinski definition) is 2. The van der Waals surface area contributed by atoms with E-state index in [9.17, 15) is 14.0 Å². The summed E-state index contributed by atoms with van der Waals surface area (Å²) in [6.07, 6.45) is 11.0. The number of benzene rings is 2. The highest BCUT2D eigenvalue weighted by molar-refractivity contribution is 6.01. The number of carbonyl (C=O) groups is 2. The first-order chi connectivity index (χ1) is 21.4. The first kappa shape index (κ1) is 30.8. The van der Waals surface area contributed by atoms with Gasteiger partial charge in [0.15, 0.2) is 0 Å². The molecule has 1 spiro atoms. The van der Waals surface area contributed by atoms with Crippen LogP contribution in [0.2, 0.25) is 0 Å². The Kier molecular flexibility index (Phi) is 9.40. The normalized spacial score (nSPS) is 24.7. The minimum atomic E-state index is -0.565. The maximum absolute atomic E-state index is 13.7. The molecule has 1 aliphatic carbocycles. The molecule has 4 aliphatic rings. The number of anilines is 2. The fourth-order valence-corrected chi connectivity index (χ4v) is 8.04. The van der Waals surface area contributed by atoms with Crippen LogP contribution in [0.5, 0.6) is 5.75 Å². The maximum Gasteiger partial charge on any atom is 0.419 e. The summed E-state index contributed by atoms with van der Waals surface area (Å²) in [7, 11) is 1.37. The predicted molar refractivity (Wildman–Crippen MR) is 169 cm³/mol. The SMILES string of the molecule is COC(=O)N1c2ccc(C3CNN(C4CCNCC4)C34CCCCCCCC4)cc2N(C(=O)Oc2ccc(F)cc2)C[C@@H]1C. The molecular formula is C34H46FN5O4. The van der Waals surface area contributed by atoms with Crippen molar-refractivity contribution >= 4 is 23.6 Å². The topological polar surface area (TPSA) is 86.4 Å². The molecule has 9 nitrogen and oxygen atoms in total. The van der Waals surface area contributed by atoms with E-state index in [1.54, 1.807) is 9.80 Å². The van der Waals surface area contributed by atoms with Crippen LogP contribution in [0.4, 0.5) is 25.4 Å². The van der Waals surface area contributed by atoms with Crippen LogP contribution < -0.4 is 25.3 Å². The Morgan fingerprint density at radius 2 is 1.59 bits per heavy atom. The van der Waals surface area contributed by atoms with Gasteiger partial charge in [0.1, 0.15) is 11.6 Å². The molecule has 2 aromatic carbocycles. The van der Waals surface area contributed by atoms with Crippen molar-refractivity contribution in [2.75, 3.05) is 43.1 Å². The number of fused-ring (bicyclic) bond motifs is 1. The molecule has 2 amide bonds. The number of hydrogen-bond acceptors (Lipinski definition) is 7. The number of carbonyl (C=O) groups excluding carboxylic acids is 2. The van der Waals surface area contributed by atoms with Gasteiger partial charge in [0.05, 0.1) is 31.1 Å². The quantitative estimate of drug-likeness (QED) is 0.422. The molecular weight excluding hydrogens is 561 g/mol. The minimum absolute atomic E-state index is 0.0238. The lowest BCUT2D eigenvalue weighted by molar-refractivity contribution is 0.00618. The molecule has 2 atom stereocenters. The molecule has 10 heteroatoms. The first-order valence-corrected chi connectivity index (χ1v) is 16.4. The van der Waals surface area contributed by atoms with Crippen molar-refractivity contribution < 1.29 is 23.5 Å². The number of amides is 2. The van der Waals surface area contributed by atoms with Gasteiger partial charge < -0.3 is 14.8 Å². The first-order valence-electron chi connectivity index (χ1n) is 16.4. The lowest BCUT2D eigenvalue weighted by Gasteiger charge is -2.47.